The topological polar surface area (TPSA) is 152 Å². The lowest BCUT2D eigenvalue weighted by Crippen LogP contribution is -2.52. The molecule has 2 aromatic heterocycles. The number of alkyl halides is 3. The number of halogens is 4. The highest BCUT2D eigenvalue weighted by Gasteiger charge is 2.57. The average molecular weight is 600 g/mol. The summed E-state index contributed by atoms with van der Waals surface area (Å²) in [6, 6.07) is 12.3. The van der Waals surface area contributed by atoms with Crippen molar-refractivity contribution in [2.24, 2.45) is 5.73 Å². The standard InChI is InChI=1S/C29H25F4N5O5/c1-27(26(34)40)14-43-23-18(27)11-21(38-22(23)15-7-9-16(30)10-8-15)28(41,29(31,32)33)13-36-25(39)19-12-35-24(37-19)17-5-3-4-6-20(17)42-2/h3-12,41H,13-14H2,1-2H3,(H2,34,40)(H,35,37)(H,36,39)/t27-,28?/m0/s1. The second-order valence-electron chi connectivity index (χ2n) is 10.1. The lowest BCUT2D eigenvalue weighted by molar-refractivity contribution is -0.265. The van der Waals surface area contributed by atoms with E-state index in [0.717, 1.165) is 18.2 Å². The van der Waals surface area contributed by atoms with Gasteiger partial charge in [-0.2, -0.15) is 13.2 Å². The van der Waals surface area contributed by atoms with E-state index in [1.807, 2.05) is 0 Å². The summed E-state index contributed by atoms with van der Waals surface area (Å²) in [6.45, 7) is -0.286. The third-order valence-corrected chi connectivity index (χ3v) is 7.30. The number of para-hydroxylation sites is 1. The lowest BCUT2D eigenvalue weighted by Gasteiger charge is -2.31. The van der Waals surface area contributed by atoms with E-state index in [9.17, 15) is 32.3 Å². The molecule has 1 unspecified atom stereocenters. The maximum Gasteiger partial charge on any atom is 0.424 e. The average Bonchev–Trinajstić information content (AvgIpc) is 3.61. The summed E-state index contributed by atoms with van der Waals surface area (Å²) in [7, 11) is 1.44. The quantitative estimate of drug-likeness (QED) is 0.226. The molecule has 3 heterocycles. The first-order valence-electron chi connectivity index (χ1n) is 12.8. The van der Waals surface area contributed by atoms with E-state index in [-0.39, 0.29) is 40.7 Å². The summed E-state index contributed by atoms with van der Waals surface area (Å²) in [5.41, 5.74) is -0.493. The van der Waals surface area contributed by atoms with Crippen LogP contribution in [0.25, 0.3) is 22.6 Å². The number of primary amides is 1. The van der Waals surface area contributed by atoms with E-state index in [4.69, 9.17) is 15.2 Å². The van der Waals surface area contributed by atoms with Gasteiger partial charge in [-0.15, -0.1) is 0 Å². The third kappa shape index (κ3) is 5.14. The maximum absolute atomic E-state index is 14.6. The van der Waals surface area contributed by atoms with Crippen molar-refractivity contribution in [2.75, 3.05) is 20.3 Å². The fourth-order valence-electron chi connectivity index (χ4n) is 4.65. The van der Waals surface area contributed by atoms with Gasteiger partial charge in [0.05, 0.1) is 24.9 Å². The number of hydrogen-bond donors (Lipinski definition) is 4. The van der Waals surface area contributed by atoms with Gasteiger partial charge in [0.25, 0.3) is 5.91 Å². The number of nitrogens with one attached hydrogen (secondary N) is 2. The summed E-state index contributed by atoms with van der Waals surface area (Å²) >= 11 is 0. The molecule has 0 radical (unpaired) electrons. The number of nitrogens with zero attached hydrogens (tertiary/aromatic N) is 2. The molecule has 0 saturated carbocycles. The number of aromatic amines is 1. The van der Waals surface area contributed by atoms with E-state index >= 15 is 0 Å². The molecule has 0 spiro atoms. The Morgan fingerprint density at radius 2 is 1.86 bits per heavy atom. The fourth-order valence-corrected chi connectivity index (χ4v) is 4.65. The highest BCUT2D eigenvalue weighted by molar-refractivity contribution is 5.93. The van der Waals surface area contributed by atoms with Crippen LogP contribution in [0.15, 0.2) is 60.8 Å². The molecule has 224 valence electrons. The number of rotatable bonds is 8. The first kappa shape index (κ1) is 29.5. The number of aliphatic hydroxyl groups is 1. The van der Waals surface area contributed by atoms with Crippen molar-refractivity contribution in [3.05, 3.63) is 83.6 Å². The molecule has 10 nitrogen and oxygen atoms in total. The number of carbonyl (C=O) groups excluding carboxylic acids is 2. The van der Waals surface area contributed by atoms with Crippen LogP contribution in [0, 0.1) is 5.82 Å². The highest BCUT2D eigenvalue weighted by Crippen LogP contribution is 2.47. The summed E-state index contributed by atoms with van der Waals surface area (Å²) in [4.78, 5) is 36.3. The molecule has 0 fully saturated rings. The molecule has 1 aliphatic rings. The van der Waals surface area contributed by atoms with Gasteiger partial charge in [-0.05, 0) is 49.4 Å². The van der Waals surface area contributed by atoms with E-state index in [1.165, 1.54) is 32.4 Å². The number of hydrogen-bond acceptors (Lipinski definition) is 7. The van der Waals surface area contributed by atoms with Crippen molar-refractivity contribution < 1.29 is 41.7 Å². The van der Waals surface area contributed by atoms with Crippen molar-refractivity contribution in [3.8, 4) is 34.1 Å². The number of fused-ring (bicyclic) bond motifs is 1. The normalized spacial score (nSPS) is 17.5. The number of aromatic nitrogens is 3. The minimum atomic E-state index is -5.36. The van der Waals surface area contributed by atoms with Crippen molar-refractivity contribution in [1.82, 2.24) is 20.3 Å². The summed E-state index contributed by atoms with van der Waals surface area (Å²) < 4.78 is 68.3. The van der Waals surface area contributed by atoms with Gasteiger partial charge in [-0.1, -0.05) is 12.1 Å². The summed E-state index contributed by atoms with van der Waals surface area (Å²) in [5.74, 6) is -1.88. The van der Waals surface area contributed by atoms with Gasteiger partial charge in [0.15, 0.2) is 0 Å². The second kappa shape index (κ2) is 10.7. The molecule has 0 saturated heterocycles. The number of carbonyl (C=O) groups is 2. The number of nitrogens with two attached hydrogens (primary N) is 1. The van der Waals surface area contributed by atoms with Gasteiger partial charge in [-0.25, -0.2) is 14.4 Å². The van der Waals surface area contributed by atoms with Crippen LogP contribution in [0.3, 0.4) is 0 Å². The Kier molecular flexibility index (Phi) is 7.34. The van der Waals surface area contributed by atoms with Crippen LogP contribution in [0.1, 0.15) is 28.7 Å². The van der Waals surface area contributed by atoms with Crippen molar-refractivity contribution >= 4 is 11.8 Å². The summed E-state index contributed by atoms with van der Waals surface area (Å²) in [5, 5.41) is 13.2. The zero-order valence-electron chi connectivity index (χ0n) is 22.8. The van der Waals surface area contributed by atoms with Crippen LogP contribution in [0.5, 0.6) is 11.5 Å². The van der Waals surface area contributed by atoms with Crippen LogP contribution >= 0.6 is 0 Å². The fraction of sp³-hybridized carbons (Fsp3) is 0.241. The van der Waals surface area contributed by atoms with Crippen LogP contribution in [-0.2, 0) is 15.8 Å². The number of pyridine rings is 1. The maximum atomic E-state index is 14.6. The van der Waals surface area contributed by atoms with Crippen LogP contribution in [0.4, 0.5) is 17.6 Å². The number of ether oxygens (including phenoxy) is 2. The van der Waals surface area contributed by atoms with E-state index in [2.05, 4.69) is 20.3 Å². The number of benzene rings is 2. The molecule has 2 aromatic carbocycles. The van der Waals surface area contributed by atoms with Gasteiger partial charge in [0, 0.05) is 17.3 Å². The molecule has 5 N–H and O–H groups in total. The predicted octanol–water partition coefficient (Wildman–Crippen LogP) is 3.60. The van der Waals surface area contributed by atoms with Gasteiger partial charge in [-0.3, -0.25) is 9.59 Å². The van der Waals surface area contributed by atoms with Gasteiger partial charge >= 0.3 is 6.18 Å². The number of amides is 2. The van der Waals surface area contributed by atoms with E-state index < -0.39 is 47.1 Å². The number of imidazole rings is 1. The van der Waals surface area contributed by atoms with Crippen molar-refractivity contribution in [3.63, 3.8) is 0 Å². The molecular weight excluding hydrogens is 574 g/mol. The Bertz CT molecular complexity index is 1710. The zero-order valence-corrected chi connectivity index (χ0v) is 22.8. The minimum absolute atomic E-state index is 0.0365. The molecule has 1 aliphatic heterocycles. The monoisotopic (exact) mass is 599 g/mol. The summed E-state index contributed by atoms with van der Waals surface area (Å²) in [6.07, 6.45) is -4.17. The Morgan fingerprint density at radius 1 is 1.16 bits per heavy atom. The van der Waals surface area contributed by atoms with Crippen molar-refractivity contribution in [1.29, 1.82) is 0 Å². The van der Waals surface area contributed by atoms with Gasteiger partial charge in [0.2, 0.25) is 11.5 Å². The molecule has 0 aliphatic carbocycles. The molecule has 2 amide bonds. The van der Waals surface area contributed by atoms with Crippen LogP contribution in [-0.4, -0.2) is 58.3 Å². The molecule has 4 aromatic rings. The highest BCUT2D eigenvalue weighted by atomic mass is 19.4. The lowest BCUT2D eigenvalue weighted by atomic mass is 9.81. The van der Waals surface area contributed by atoms with Crippen molar-refractivity contribution in [2.45, 2.75) is 24.1 Å². The first-order chi connectivity index (χ1) is 20.3. The van der Waals surface area contributed by atoms with Gasteiger partial charge < -0.3 is 30.6 Å². The Balaban J connectivity index is 1.53. The molecular formula is C29H25F4N5O5. The van der Waals surface area contributed by atoms with Crippen LogP contribution < -0.4 is 20.5 Å². The molecule has 43 heavy (non-hydrogen) atoms. The Hall–Kier alpha value is -4.98. The largest absolute Gasteiger partial charge is 0.496 e. The predicted molar refractivity (Wildman–Crippen MR) is 145 cm³/mol. The minimum Gasteiger partial charge on any atom is -0.496 e. The zero-order chi connectivity index (χ0) is 31.2. The third-order valence-electron chi connectivity index (χ3n) is 7.30. The Morgan fingerprint density at radius 3 is 2.51 bits per heavy atom. The number of H-pyrrole nitrogens is 1. The SMILES string of the molecule is COc1ccccc1-c1nc(C(=O)NCC(O)(c2cc3c(c(-c4ccc(F)cc4)n2)OC[C@]3(C)C(N)=O)C(F)(F)F)c[nH]1. The van der Waals surface area contributed by atoms with E-state index in [1.54, 1.807) is 24.3 Å². The second-order valence-corrected chi connectivity index (χ2v) is 10.1. The molecule has 2 atom stereocenters. The van der Waals surface area contributed by atoms with Crippen LogP contribution in [0.2, 0.25) is 0 Å². The molecule has 14 heteroatoms. The number of methoxy groups -OCH3 is 1. The first-order valence-corrected chi connectivity index (χ1v) is 12.8. The smallest absolute Gasteiger partial charge is 0.424 e. The Labute approximate surface area is 241 Å². The van der Waals surface area contributed by atoms with Gasteiger partial charge in [0.1, 0.15) is 46.6 Å². The molecule has 5 rings (SSSR count). The molecule has 0 bridgehead atoms. The van der Waals surface area contributed by atoms with E-state index in [0.29, 0.717) is 11.3 Å².